The van der Waals surface area contributed by atoms with Crippen LogP contribution in [0.5, 0.6) is 5.75 Å². The van der Waals surface area contributed by atoms with Gasteiger partial charge in [0.05, 0.1) is 6.04 Å². The van der Waals surface area contributed by atoms with Gasteiger partial charge in [0.1, 0.15) is 5.75 Å². The molecule has 1 unspecified atom stereocenters. The van der Waals surface area contributed by atoms with Crippen LogP contribution in [-0.2, 0) is 0 Å². The Bertz CT molecular complexity index is 533. The van der Waals surface area contributed by atoms with Gasteiger partial charge >= 0.3 is 6.61 Å². The minimum Gasteiger partial charge on any atom is -0.435 e. The van der Waals surface area contributed by atoms with Crippen molar-refractivity contribution in [1.82, 2.24) is 5.43 Å². The molecule has 3 nitrogen and oxygen atoms in total. The van der Waals surface area contributed by atoms with Crippen LogP contribution in [0.2, 0.25) is 0 Å². The molecule has 1 atom stereocenters. The fraction of sp³-hybridized carbons (Fsp3) is 0.167. The molecule has 3 N–H and O–H groups in total. The SMILES string of the molecule is NNC(c1ccc(OC(F)F)cc1)c1cscc1Br. The molecule has 0 fully saturated rings. The number of alkyl halides is 2. The van der Waals surface area contributed by atoms with Crippen LogP contribution < -0.4 is 16.0 Å². The molecule has 1 aromatic heterocycles. The fourth-order valence-electron chi connectivity index (χ4n) is 1.70. The highest BCUT2D eigenvalue weighted by atomic mass is 79.9. The van der Waals surface area contributed by atoms with E-state index >= 15 is 0 Å². The zero-order valence-electron chi connectivity index (χ0n) is 9.65. The molecule has 0 spiro atoms. The number of thiophene rings is 1. The van der Waals surface area contributed by atoms with E-state index in [9.17, 15) is 8.78 Å². The zero-order valence-corrected chi connectivity index (χ0v) is 12.0. The molecule has 0 saturated carbocycles. The maximum atomic E-state index is 12.1. The highest BCUT2D eigenvalue weighted by Crippen LogP contribution is 2.31. The van der Waals surface area contributed by atoms with Crippen LogP contribution in [0.25, 0.3) is 0 Å². The summed E-state index contributed by atoms with van der Waals surface area (Å²) in [4.78, 5) is 0. The van der Waals surface area contributed by atoms with E-state index in [2.05, 4.69) is 26.1 Å². The van der Waals surface area contributed by atoms with Crippen molar-refractivity contribution in [3.63, 3.8) is 0 Å². The van der Waals surface area contributed by atoms with Gasteiger partial charge in [-0.25, -0.2) is 5.43 Å². The molecule has 102 valence electrons. The van der Waals surface area contributed by atoms with Crippen molar-refractivity contribution in [3.8, 4) is 5.75 Å². The first-order valence-electron chi connectivity index (χ1n) is 5.34. The van der Waals surface area contributed by atoms with Crippen molar-refractivity contribution in [1.29, 1.82) is 0 Å². The Morgan fingerprint density at radius 1 is 1.21 bits per heavy atom. The standard InChI is InChI=1S/C12H11BrF2N2OS/c13-10-6-19-5-9(10)11(17-16)7-1-3-8(4-2-7)18-12(14)15/h1-6,11-12,17H,16H2. The topological polar surface area (TPSA) is 47.3 Å². The molecule has 7 heteroatoms. The maximum absolute atomic E-state index is 12.1. The molecular formula is C12H11BrF2N2OS. The summed E-state index contributed by atoms with van der Waals surface area (Å²) in [6.07, 6.45) is 0. The van der Waals surface area contributed by atoms with E-state index in [1.165, 1.54) is 12.1 Å². The quantitative estimate of drug-likeness (QED) is 0.640. The van der Waals surface area contributed by atoms with E-state index in [-0.39, 0.29) is 11.8 Å². The summed E-state index contributed by atoms with van der Waals surface area (Å²) in [6, 6.07) is 6.18. The van der Waals surface area contributed by atoms with Gasteiger partial charge in [0.15, 0.2) is 0 Å². The lowest BCUT2D eigenvalue weighted by molar-refractivity contribution is -0.0498. The van der Waals surface area contributed by atoms with Crippen LogP contribution in [0.1, 0.15) is 17.2 Å². The van der Waals surface area contributed by atoms with Crippen molar-refractivity contribution < 1.29 is 13.5 Å². The monoisotopic (exact) mass is 348 g/mol. The summed E-state index contributed by atoms with van der Waals surface area (Å²) in [5.41, 5.74) is 4.57. The first-order valence-corrected chi connectivity index (χ1v) is 7.08. The van der Waals surface area contributed by atoms with Crippen molar-refractivity contribution in [3.05, 3.63) is 50.6 Å². The number of halogens is 3. The Kier molecular flexibility index (Phi) is 4.87. The van der Waals surface area contributed by atoms with E-state index in [1.807, 2.05) is 10.8 Å². The molecule has 0 amide bonds. The smallest absolute Gasteiger partial charge is 0.387 e. The third kappa shape index (κ3) is 3.50. The normalized spacial score (nSPS) is 12.7. The molecule has 0 saturated heterocycles. The Morgan fingerprint density at radius 2 is 1.89 bits per heavy atom. The molecule has 0 aliphatic carbocycles. The Morgan fingerprint density at radius 3 is 2.37 bits per heavy atom. The minimum absolute atomic E-state index is 0.124. The van der Waals surface area contributed by atoms with Crippen LogP contribution in [0.4, 0.5) is 8.78 Å². The Hall–Kier alpha value is -1.02. The number of hydrogen-bond donors (Lipinski definition) is 2. The Balaban J connectivity index is 2.22. The minimum atomic E-state index is -2.82. The third-order valence-corrected chi connectivity index (χ3v) is 4.31. The second kappa shape index (κ2) is 6.42. The third-order valence-electron chi connectivity index (χ3n) is 2.56. The first kappa shape index (κ1) is 14.4. The summed E-state index contributed by atoms with van der Waals surface area (Å²) < 4.78 is 29.4. The second-order valence-corrected chi connectivity index (χ2v) is 5.32. The van der Waals surface area contributed by atoms with E-state index in [0.29, 0.717) is 0 Å². The van der Waals surface area contributed by atoms with E-state index in [0.717, 1.165) is 15.6 Å². The lowest BCUT2D eigenvalue weighted by atomic mass is 10.0. The zero-order chi connectivity index (χ0) is 13.8. The van der Waals surface area contributed by atoms with Crippen LogP contribution in [0.15, 0.2) is 39.5 Å². The number of ether oxygens (including phenoxy) is 1. The van der Waals surface area contributed by atoms with Gasteiger partial charge in [-0.05, 0) is 44.6 Å². The van der Waals surface area contributed by atoms with Crippen LogP contribution in [-0.4, -0.2) is 6.61 Å². The van der Waals surface area contributed by atoms with Gasteiger partial charge < -0.3 is 4.74 Å². The molecule has 1 heterocycles. The van der Waals surface area contributed by atoms with Crippen LogP contribution >= 0.6 is 27.3 Å². The van der Waals surface area contributed by atoms with Gasteiger partial charge in [0.2, 0.25) is 0 Å². The summed E-state index contributed by atoms with van der Waals surface area (Å²) >= 11 is 4.99. The molecule has 0 bridgehead atoms. The largest absolute Gasteiger partial charge is 0.435 e. The summed E-state index contributed by atoms with van der Waals surface area (Å²) in [7, 11) is 0. The van der Waals surface area contributed by atoms with Gasteiger partial charge in [-0.1, -0.05) is 12.1 Å². The number of rotatable bonds is 5. The van der Waals surface area contributed by atoms with E-state index in [4.69, 9.17) is 5.84 Å². The van der Waals surface area contributed by atoms with Crippen LogP contribution in [0, 0.1) is 0 Å². The van der Waals surface area contributed by atoms with Crippen molar-refractivity contribution in [2.24, 2.45) is 5.84 Å². The molecule has 0 radical (unpaired) electrons. The van der Waals surface area contributed by atoms with Gasteiger partial charge in [0, 0.05) is 9.85 Å². The Labute approximate surface area is 121 Å². The maximum Gasteiger partial charge on any atom is 0.387 e. The molecule has 0 aliphatic rings. The highest BCUT2D eigenvalue weighted by Gasteiger charge is 2.16. The number of benzene rings is 1. The average molecular weight is 349 g/mol. The van der Waals surface area contributed by atoms with Crippen LogP contribution in [0.3, 0.4) is 0 Å². The molecule has 0 aliphatic heterocycles. The van der Waals surface area contributed by atoms with Gasteiger partial charge in [-0.2, -0.15) is 20.1 Å². The summed E-state index contributed by atoms with van der Waals surface area (Å²) in [5.74, 6) is 5.69. The van der Waals surface area contributed by atoms with E-state index < -0.39 is 6.61 Å². The number of nitrogens with one attached hydrogen (secondary N) is 1. The van der Waals surface area contributed by atoms with Gasteiger partial charge in [-0.3, -0.25) is 5.84 Å². The fourth-order valence-corrected chi connectivity index (χ4v) is 3.26. The average Bonchev–Trinajstić information content (AvgIpc) is 2.78. The molecular weight excluding hydrogens is 338 g/mol. The number of nitrogens with two attached hydrogens (primary N) is 1. The molecule has 2 aromatic rings. The van der Waals surface area contributed by atoms with Gasteiger partial charge in [-0.15, -0.1) is 0 Å². The van der Waals surface area contributed by atoms with Crippen molar-refractivity contribution in [2.45, 2.75) is 12.7 Å². The number of hydrogen-bond acceptors (Lipinski definition) is 4. The molecule has 2 rings (SSSR count). The number of hydrazine groups is 1. The van der Waals surface area contributed by atoms with Gasteiger partial charge in [0.25, 0.3) is 0 Å². The summed E-state index contributed by atoms with van der Waals surface area (Å²) in [6.45, 7) is -2.82. The van der Waals surface area contributed by atoms with E-state index in [1.54, 1.807) is 23.5 Å². The van der Waals surface area contributed by atoms with Crippen molar-refractivity contribution >= 4 is 27.3 Å². The highest BCUT2D eigenvalue weighted by molar-refractivity contribution is 9.10. The molecule has 1 aromatic carbocycles. The predicted octanol–water partition coefficient (Wildman–Crippen LogP) is 3.66. The molecule has 19 heavy (non-hydrogen) atoms. The second-order valence-electron chi connectivity index (χ2n) is 3.72. The van der Waals surface area contributed by atoms with Crippen molar-refractivity contribution in [2.75, 3.05) is 0 Å². The lowest BCUT2D eigenvalue weighted by Crippen LogP contribution is -2.28. The lowest BCUT2D eigenvalue weighted by Gasteiger charge is -2.16. The predicted molar refractivity (Wildman–Crippen MR) is 74.3 cm³/mol. The first-order chi connectivity index (χ1) is 9.11. The summed E-state index contributed by atoms with van der Waals surface area (Å²) in [5, 5.41) is 3.92.